The van der Waals surface area contributed by atoms with Crippen LogP contribution < -0.4 is 9.77 Å². The molecular formula is C28H18ClF3N2O3S2. The van der Waals surface area contributed by atoms with Crippen molar-refractivity contribution in [3.8, 4) is 0 Å². The molecule has 0 spiro atoms. The zero-order valence-electron chi connectivity index (χ0n) is 19.9. The third-order valence-corrected chi connectivity index (χ3v) is 9.75. The average Bonchev–Trinajstić information content (AvgIpc) is 3.35. The van der Waals surface area contributed by atoms with E-state index in [9.17, 15) is 27.6 Å². The molecule has 0 radical (unpaired) electrons. The van der Waals surface area contributed by atoms with Crippen molar-refractivity contribution in [2.75, 3.05) is 4.90 Å². The van der Waals surface area contributed by atoms with Gasteiger partial charge in [-0.05, 0) is 41.5 Å². The Bertz CT molecular complexity index is 1650. The van der Waals surface area contributed by atoms with Crippen LogP contribution in [0.4, 0.5) is 18.9 Å². The highest BCUT2D eigenvalue weighted by Crippen LogP contribution is 2.54. The lowest BCUT2D eigenvalue weighted by Gasteiger charge is -2.30. The van der Waals surface area contributed by atoms with Gasteiger partial charge in [-0.3, -0.25) is 19.0 Å². The fraction of sp³-hybridized carbons (Fsp3) is 0.179. The number of nitrogens with zero attached hydrogens (tertiary/aromatic N) is 2. The molecule has 0 bridgehead atoms. The van der Waals surface area contributed by atoms with Gasteiger partial charge in [0.25, 0.3) is 0 Å². The molecule has 4 aromatic rings. The highest BCUT2D eigenvalue weighted by molar-refractivity contribution is 8.00. The molecule has 198 valence electrons. The fourth-order valence-electron chi connectivity index (χ4n) is 5.13. The minimum Gasteiger partial charge on any atom is -0.289 e. The number of aromatic nitrogens is 1. The van der Waals surface area contributed by atoms with Crippen LogP contribution in [-0.2, 0) is 22.3 Å². The number of imide groups is 1. The molecule has 0 unspecified atom stereocenters. The number of hydrogen-bond acceptors (Lipinski definition) is 5. The van der Waals surface area contributed by atoms with E-state index in [1.165, 1.54) is 12.1 Å². The number of amides is 2. The molecule has 0 saturated carbocycles. The molecular weight excluding hydrogens is 569 g/mol. The first-order chi connectivity index (χ1) is 18.6. The quantitative estimate of drug-likeness (QED) is 0.259. The number of anilines is 1. The first-order valence-electron chi connectivity index (χ1n) is 11.9. The molecule has 2 aliphatic rings. The highest BCUT2D eigenvalue weighted by Gasteiger charge is 2.57. The van der Waals surface area contributed by atoms with E-state index in [2.05, 4.69) is 0 Å². The number of fused-ring (bicyclic) bond motifs is 2. The first-order valence-corrected chi connectivity index (χ1v) is 14.0. The van der Waals surface area contributed by atoms with E-state index >= 15 is 0 Å². The van der Waals surface area contributed by atoms with Gasteiger partial charge in [0.15, 0.2) is 0 Å². The maximum Gasteiger partial charge on any atom is 0.416 e. The third-order valence-electron chi connectivity index (χ3n) is 6.89. The maximum atomic E-state index is 13.9. The van der Waals surface area contributed by atoms with Crippen molar-refractivity contribution in [2.45, 2.75) is 28.9 Å². The Morgan fingerprint density at radius 3 is 2.28 bits per heavy atom. The van der Waals surface area contributed by atoms with E-state index in [0.29, 0.717) is 20.5 Å². The summed E-state index contributed by atoms with van der Waals surface area (Å²) in [5.41, 5.74) is 0.504. The van der Waals surface area contributed by atoms with Crippen LogP contribution in [0.25, 0.3) is 0 Å². The van der Waals surface area contributed by atoms with Crippen LogP contribution in [0.1, 0.15) is 27.5 Å². The minimum atomic E-state index is -4.63. The first kappa shape index (κ1) is 25.9. The van der Waals surface area contributed by atoms with E-state index < -0.39 is 40.6 Å². The van der Waals surface area contributed by atoms with Crippen molar-refractivity contribution in [3.05, 3.63) is 115 Å². The molecule has 5 nitrogen and oxygen atoms in total. The van der Waals surface area contributed by atoms with Crippen LogP contribution in [-0.4, -0.2) is 21.6 Å². The number of rotatable bonds is 4. The zero-order valence-corrected chi connectivity index (χ0v) is 22.3. The molecule has 39 heavy (non-hydrogen) atoms. The Kier molecular flexibility index (Phi) is 6.44. The number of halogens is 4. The molecule has 11 heteroatoms. The van der Waals surface area contributed by atoms with Gasteiger partial charge in [-0.15, -0.1) is 0 Å². The standard InChI is InChI=1S/C28H18ClF3N2O3S2/c29-18-11-9-16(10-12-18)20-21-22(25(36)34(24(21)35)19-8-4-7-17(13-19)28(30,31)32)38-26-23(20)39-27(37)33(26)14-15-5-2-1-3-6-15/h1-13,20-22H,14H2/t20-,21-,22-/m1/s1. The van der Waals surface area contributed by atoms with Gasteiger partial charge in [0, 0.05) is 15.8 Å². The number of hydrogen-bond donors (Lipinski definition) is 0. The second-order valence-electron chi connectivity index (χ2n) is 9.26. The number of carbonyl (C=O) groups is 2. The smallest absolute Gasteiger partial charge is 0.289 e. The van der Waals surface area contributed by atoms with Crippen LogP contribution in [0.2, 0.25) is 5.02 Å². The molecule has 3 heterocycles. The van der Waals surface area contributed by atoms with Crippen molar-refractivity contribution in [1.29, 1.82) is 0 Å². The van der Waals surface area contributed by atoms with Crippen molar-refractivity contribution >= 4 is 52.2 Å². The average molecular weight is 587 g/mol. The van der Waals surface area contributed by atoms with Gasteiger partial charge in [-0.25, -0.2) is 4.90 Å². The second-order valence-corrected chi connectivity index (χ2v) is 11.8. The zero-order chi connectivity index (χ0) is 27.5. The lowest BCUT2D eigenvalue weighted by molar-refractivity contribution is -0.137. The lowest BCUT2D eigenvalue weighted by atomic mass is 9.83. The van der Waals surface area contributed by atoms with E-state index in [1.807, 2.05) is 30.3 Å². The van der Waals surface area contributed by atoms with Gasteiger partial charge in [0.1, 0.15) is 5.25 Å². The Labute approximate surface area is 233 Å². The largest absolute Gasteiger partial charge is 0.416 e. The molecule has 1 fully saturated rings. The summed E-state index contributed by atoms with van der Waals surface area (Å²) < 4.78 is 41.9. The summed E-state index contributed by atoms with van der Waals surface area (Å²) in [5, 5.41) is 0.147. The molecule has 1 aromatic heterocycles. The number of carbonyl (C=O) groups excluding carboxylic acids is 2. The van der Waals surface area contributed by atoms with E-state index in [1.54, 1.807) is 28.8 Å². The Morgan fingerprint density at radius 1 is 0.872 bits per heavy atom. The van der Waals surface area contributed by atoms with Gasteiger partial charge in [0.05, 0.1) is 28.7 Å². The summed E-state index contributed by atoms with van der Waals surface area (Å²) in [4.78, 5) is 42.1. The summed E-state index contributed by atoms with van der Waals surface area (Å²) in [6.07, 6.45) is -4.63. The van der Waals surface area contributed by atoms with Crippen molar-refractivity contribution in [3.63, 3.8) is 0 Å². The number of alkyl halides is 3. The van der Waals surface area contributed by atoms with E-state index in [0.717, 1.165) is 45.7 Å². The minimum absolute atomic E-state index is 0.130. The molecule has 0 N–H and O–H groups in total. The Hall–Kier alpha value is -3.34. The van der Waals surface area contributed by atoms with Gasteiger partial charge >= 0.3 is 11.0 Å². The van der Waals surface area contributed by atoms with Gasteiger partial charge < -0.3 is 0 Å². The predicted molar refractivity (Wildman–Crippen MR) is 144 cm³/mol. The summed E-state index contributed by atoms with van der Waals surface area (Å²) in [7, 11) is 0. The van der Waals surface area contributed by atoms with E-state index in [-0.39, 0.29) is 17.1 Å². The predicted octanol–water partition coefficient (Wildman–Crippen LogP) is 6.43. The lowest BCUT2D eigenvalue weighted by Crippen LogP contribution is -2.32. The molecule has 1 saturated heterocycles. The van der Waals surface area contributed by atoms with E-state index in [4.69, 9.17) is 11.6 Å². The van der Waals surface area contributed by atoms with Crippen LogP contribution in [0.3, 0.4) is 0 Å². The summed E-state index contributed by atoms with van der Waals surface area (Å²) >= 11 is 8.26. The monoisotopic (exact) mass is 586 g/mol. The normalized spacial score (nSPS) is 20.7. The Morgan fingerprint density at radius 2 is 1.59 bits per heavy atom. The van der Waals surface area contributed by atoms with Crippen molar-refractivity contribution in [1.82, 2.24) is 4.57 Å². The van der Waals surface area contributed by atoms with Gasteiger partial charge in [-0.2, -0.15) is 13.2 Å². The topological polar surface area (TPSA) is 59.4 Å². The van der Waals surface area contributed by atoms with Gasteiger partial charge in [0.2, 0.25) is 11.8 Å². The maximum absolute atomic E-state index is 13.9. The molecule has 2 aliphatic heterocycles. The summed E-state index contributed by atoms with van der Waals surface area (Å²) in [6.45, 7) is 0.280. The molecule has 0 aliphatic carbocycles. The van der Waals surface area contributed by atoms with Crippen LogP contribution in [0.15, 0.2) is 88.7 Å². The molecule has 2 amide bonds. The summed E-state index contributed by atoms with van der Waals surface area (Å²) in [6, 6.07) is 20.4. The number of thioether (sulfide) groups is 1. The van der Waals surface area contributed by atoms with Crippen LogP contribution >= 0.6 is 34.7 Å². The number of benzene rings is 3. The molecule has 3 atom stereocenters. The molecule has 3 aromatic carbocycles. The highest BCUT2D eigenvalue weighted by atomic mass is 35.5. The Balaban J connectivity index is 1.48. The summed E-state index contributed by atoms with van der Waals surface area (Å²) in [5.74, 6) is -2.76. The third kappa shape index (κ3) is 4.50. The van der Waals surface area contributed by atoms with Crippen LogP contribution in [0.5, 0.6) is 0 Å². The molecule has 6 rings (SSSR count). The fourth-order valence-corrected chi connectivity index (χ4v) is 8.03. The van der Waals surface area contributed by atoms with Crippen molar-refractivity contribution < 1.29 is 22.8 Å². The van der Waals surface area contributed by atoms with Crippen molar-refractivity contribution in [2.24, 2.45) is 5.92 Å². The van der Waals surface area contributed by atoms with Crippen LogP contribution in [0, 0.1) is 5.92 Å². The van der Waals surface area contributed by atoms with Gasteiger partial charge in [-0.1, -0.05) is 83.2 Å². The number of thiazole rings is 1. The SMILES string of the molecule is O=C1[C@@H]2[C@@H](c3ccc(Cl)cc3)c3sc(=O)n(Cc4ccccc4)c3S[C@H]2C(=O)N1c1cccc(C(F)(F)F)c1. The second kappa shape index (κ2) is 9.69.